The van der Waals surface area contributed by atoms with Gasteiger partial charge in [0, 0.05) is 35.8 Å². The lowest BCUT2D eigenvalue weighted by Gasteiger charge is -2.47. The van der Waals surface area contributed by atoms with Crippen molar-refractivity contribution in [1.82, 2.24) is 14.5 Å². The fourth-order valence-electron chi connectivity index (χ4n) is 5.81. The van der Waals surface area contributed by atoms with Crippen molar-refractivity contribution < 1.29 is 18.7 Å². The summed E-state index contributed by atoms with van der Waals surface area (Å²) in [6.07, 6.45) is 3.90. The molecule has 8 nitrogen and oxygen atoms in total. The first-order valence-corrected chi connectivity index (χ1v) is 14.7. The Balaban J connectivity index is 1.45. The summed E-state index contributed by atoms with van der Waals surface area (Å²) >= 11 is 3.30. The maximum atomic E-state index is 14.5. The first-order chi connectivity index (χ1) is 18.8. The predicted octanol–water partition coefficient (Wildman–Crippen LogP) is 7.14. The van der Waals surface area contributed by atoms with Crippen LogP contribution in [0.3, 0.4) is 0 Å². The molecule has 1 saturated heterocycles. The number of benzene rings is 2. The Morgan fingerprint density at radius 1 is 1.12 bits per heavy atom. The van der Waals surface area contributed by atoms with E-state index in [-0.39, 0.29) is 17.7 Å². The quantitative estimate of drug-likeness (QED) is 0.338. The number of carbonyl (C=O) groups is 2. The number of aromatic nitrogens is 2. The van der Waals surface area contributed by atoms with Gasteiger partial charge in [-0.3, -0.25) is 15.0 Å². The second-order valence-corrected chi connectivity index (χ2v) is 13.2. The number of amides is 2. The van der Waals surface area contributed by atoms with Gasteiger partial charge in [-0.15, -0.1) is 0 Å². The van der Waals surface area contributed by atoms with E-state index in [9.17, 15) is 14.0 Å². The third-order valence-electron chi connectivity index (χ3n) is 7.66. The van der Waals surface area contributed by atoms with Crippen molar-refractivity contribution in [3.63, 3.8) is 0 Å². The zero-order valence-electron chi connectivity index (χ0n) is 23.8. The molecule has 0 radical (unpaired) electrons. The van der Waals surface area contributed by atoms with Gasteiger partial charge in [-0.05, 0) is 93.7 Å². The van der Waals surface area contributed by atoms with Gasteiger partial charge >= 0.3 is 6.09 Å². The third-order valence-corrected chi connectivity index (χ3v) is 8.32. The van der Waals surface area contributed by atoms with E-state index in [1.807, 2.05) is 37.8 Å². The highest BCUT2D eigenvalue weighted by atomic mass is 79.9. The van der Waals surface area contributed by atoms with Gasteiger partial charge in [-0.1, -0.05) is 18.9 Å². The monoisotopic (exact) mass is 613 g/mol. The molecule has 1 aliphatic heterocycles. The molecule has 1 aliphatic carbocycles. The topological polar surface area (TPSA) is 79.7 Å². The standard InChI is InChI=1S/C30H37BrFN5O3/c1-29(2,3)40-28(39)36-16-15-35(18-30(36,4)5)20-13-14-23-24(17-20)37(19-9-6-7-10-19)27(33-23)34-26(38)25-21(31)11-8-12-22(25)32/h8,11-14,17,19H,6-7,9-10,15-16,18H2,1-5H3,(H,33,34,38). The van der Waals surface area contributed by atoms with Crippen molar-refractivity contribution in [2.24, 2.45) is 0 Å². The average molecular weight is 615 g/mol. The molecule has 0 atom stereocenters. The molecular formula is C30H37BrFN5O3. The predicted molar refractivity (Wildman–Crippen MR) is 159 cm³/mol. The SMILES string of the molecule is CC(C)(C)OC(=O)N1CCN(c2ccc3nc(NC(=O)c4c(F)cccc4Br)n(C4CCCC4)c3c2)CC1(C)C. The highest BCUT2D eigenvalue weighted by molar-refractivity contribution is 9.10. The van der Waals surface area contributed by atoms with E-state index < -0.39 is 22.9 Å². The second-order valence-electron chi connectivity index (χ2n) is 12.3. The highest BCUT2D eigenvalue weighted by Crippen LogP contribution is 2.37. The van der Waals surface area contributed by atoms with E-state index in [4.69, 9.17) is 9.72 Å². The number of carbonyl (C=O) groups excluding carboxylic acids is 2. The lowest BCUT2D eigenvalue weighted by atomic mass is 9.98. The Labute approximate surface area is 243 Å². The number of imidazole rings is 1. The molecule has 1 aromatic heterocycles. The molecule has 1 N–H and O–H groups in total. The Morgan fingerprint density at radius 3 is 2.50 bits per heavy atom. The molecule has 2 heterocycles. The Bertz CT molecular complexity index is 1420. The number of fused-ring (bicyclic) bond motifs is 1. The molecule has 2 aromatic carbocycles. The summed E-state index contributed by atoms with van der Waals surface area (Å²) in [5, 5.41) is 2.89. The summed E-state index contributed by atoms with van der Waals surface area (Å²) < 4.78 is 22.7. The Morgan fingerprint density at radius 2 is 1.85 bits per heavy atom. The summed E-state index contributed by atoms with van der Waals surface area (Å²) in [6, 6.07) is 10.8. The van der Waals surface area contributed by atoms with E-state index in [0.29, 0.717) is 30.1 Å². The van der Waals surface area contributed by atoms with E-state index >= 15 is 0 Å². The molecule has 0 spiro atoms. The number of hydrogen-bond donors (Lipinski definition) is 1. The van der Waals surface area contributed by atoms with Crippen LogP contribution in [0.1, 0.15) is 76.7 Å². The summed E-state index contributed by atoms with van der Waals surface area (Å²) in [7, 11) is 0. The minimum absolute atomic E-state index is 0.0432. The minimum atomic E-state index is -0.592. The Hall–Kier alpha value is -3.14. The van der Waals surface area contributed by atoms with Gasteiger partial charge in [0.2, 0.25) is 5.95 Å². The molecular weight excluding hydrogens is 577 g/mol. The molecule has 0 bridgehead atoms. The highest BCUT2D eigenvalue weighted by Gasteiger charge is 2.39. The maximum absolute atomic E-state index is 14.5. The van der Waals surface area contributed by atoms with Crippen molar-refractivity contribution in [2.75, 3.05) is 29.9 Å². The number of hydrogen-bond acceptors (Lipinski definition) is 5. The van der Waals surface area contributed by atoms with Gasteiger partial charge in [0.05, 0.1) is 22.1 Å². The van der Waals surface area contributed by atoms with Crippen LogP contribution in [-0.2, 0) is 4.74 Å². The Kier molecular flexibility index (Phi) is 7.58. The van der Waals surface area contributed by atoms with Crippen LogP contribution < -0.4 is 10.2 Å². The third kappa shape index (κ3) is 5.68. The number of nitrogens with one attached hydrogen (secondary N) is 1. The van der Waals surface area contributed by atoms with Gasteiger partial charge in [0.25, 0.3) is 5.91 Å². The average Bonchev–Trinajstić information content (AvgIpc) is 3.49. The number of piperazine rings is 1. The van der Waals surface area contributed by atoms with E-state index in [2.05, 4.69) is 50.6 Å². The molecule has 214 valence electrons. The van der Waals surface area contributed by atoms with Crippen LogP contribution in [0.25, 0.3) is 11.0 Å². The van der Waals surface area contributed by atoms with Crippen LogP contribution in [0, 0.1) is 5.82 Å². The first kappa shape index (κ1) is 28.4. The van der Waals surface area contributed by atoms with Gasteiger partial charge in [-0.2, -0.15) is 0 Å². The minimum Gasteiger partial charge on any atom is -0.444 e. The summed E-state index contributed by atoms with van der Waals surface area (Å²) in [5.41, 5.74) is 1.69. The fraction of sp³-hybridized carbons (Fsp3) is 0.500. The molecule has 10 heteroatoms. The molecule has 0 unspecified atom stereocenters. The summed E-state index contributed by atoms with van der Waals surface area (Å²) in [5.74, 6) is -0.708. The molecule has 3 aromatic rings. The maximum Gasteiger partial charge on any atom is 0.410 e. The van der Waals surface area contributed by atoms with E-state index in [0.717, 1.165) is 42.4 Å². The van der Waals surface area contributed by atoms with Crippen molar-refractivity contribution in [3.05, 3.63) is 52.3 Å². The van der Waals surface area contributed by atoms with Crippen LogP contribution in [0.5, 0.6) is 0 Å². The molecule has 5 rings (SSSR count). The van der Waals surface area contributed by atoms with Crippen LogP contribution in [-0.4, -0.2) is 57.2 Å². The molecule has 2 fully saturated rings. The van der Waals surface area contributed by atoms with Crippen molar-refractivity contribution in [3.8, 4) is 0 Å². The van der Waals surface area contributed by atoms with E-state index in [1.54, 1.807) is 12.1 Å². The number of nitrogens with zero attached hydrogens (tertiary/aromatic N) is 4. The number of halogens is 2. The largest absolute Gasteiger partial charge is 0.444 e. The molecule has 1 saturated carbocycles. The van der Waals surface area contributed by atoms with Crippen LogP contribution in [0.4, 0.5) is 20.8 Å². The van der Waals surface area contributed by atoms with Gasteiger partial charge in [-0.25, -0.2) is 14.2 Å². The zero-order chi connectivity index (χ0) is 28.8. The number of rotatable bonds is 4. The molecule has 40 heavy (non-hydrogen) atoms. The van der Waals surface area contributed by atoms with Crippen molar-refractivity contribution >= 4 is 50.6 Å². The fourth-order valence-corrected chi connectivity index (χ4v) is 6.33. The zero-order valence-corrected chi connectivity index (χ0v) is 25.3. The normalized spacial score (nSPS) is 17.9. The van der Waals surface area contributed by atoms with Gasteiger partial charge < -0.3 is 14.2 Å². The second kappa shape index (κ2) is 10.7. The van der Waals surface area contributed by atoms with Crippen LogP contribution in [0.2, 0.25) is 0 Å². The lowest BCUT2D eigenvalue weighted by Crippen LogP contribution is -2.61. The summed E-state index contributed by atoms with van der Waals surface area (Å²) in [4.78, 5) is 34.9. The van der Waals surface area contributed by atoms with Gasteiger partial charge in [0.1, 0.15) is 11.4 Å². The van der Waals surface area contributed by atoms with Crippen LogP contribution in [0.15, 0.2) is 40.9 Å². The van der Waals surface area contributed by atoms with Gasteiger partial charge in [0.15, 0.2) is 0 Å². The number of ether oxygens (including phenoxy) is 1. The smallest absolute Gasteiger partial charge is 0.410 e. The molecule has 2 aliphatic rings. The van der Waals surface area contributed by atoms with Crippen molar-refractivity contribution in [1.29, 1.82) is 0 Å². The number of anilines is 2. The first-order valence-electron chi connectivity index (χ1n) is 13.9. The van der Waals surface area contributed by atoms with E-state index in [1.165, 1.54) is 6.07 Å². The summed E-state index contributed by atoms with van der Waals surface area (Å²) in [6.45, 7) is 11.6. The van der Waals surface area contributed by atoms with Crippen LogP contribution >= 0.6 is 15.9 Å². The van der Waals surface area contributed by atoms with Crippen molar-refractivity contribution in [2.45, 2.75) is 77.5 Å². The lowest BCUT2D eigenvalue weighted by molar-refractivity contribution is 0.000366. The molecule has 2 amide bonds.